The third-order valence-corrected chi connectivity index (χ3v) is 6.53. The first kappa shape index (κ1) is 20.7. The van der Waals surface area contributed by atoms with Crippen LogP contribution in [-0.4, -0.2) is 62.8 Å². The third-order valence-electron chi connectivity index (χ3n) is 4.39. The summed E-state index contributed by atoms with van der Waals surface area (Å²) in [5.74, 6) is -1.09. The zero-order valence-electron chi connectivity index (χ0n) is 15.1. The summed E-state index contributed by atoms with van der Waals surface area (Å²) >= 11 is 6.00. The number of rotatable bonds is 5. The van der Waals surface area contributed by atoms with Gasteiger partial charge in [0.2, 0.25) is 10.0 Å². The second-order valence-corrected chi connectivity index (χ2v) is 9.00. The Kier molecular flexibility index (Phi) is 6.65. The zero-order chi connectivity index (χ0) is 19.5. The summed E-state index contributed by atoms with van der Waals surface area (Å²) in [5, 5.41) is 0.0616. The van der Waals surface area contributed by atoms with Gasteiger partial charge in [0, 0.05) is 26.7 Å². The fourth-order valence-corrected chi connectivity index (χ4v) is 3.91. The molecular weight excluding hydrogens is 380 g/mol. The molecule has 9 heteroatoms. The predicted octanol–water partition coefficient (Wildman–Crippen LogP) is 2.15. The quantitative estimate of drug-likeness (QED) is 0.704. The lowest BCUT2D eigenvalue weighted by Crippen LogP contribution is -2.44. The highest BCUT2D eigenvalue weighted by Crippen LogP contribution is 2.23. The monoisotopic (exact) mass is 402 g/mol. The summed E-state index contributed by atoms with van der Waals surface area (Å²) in [6, 6.07) is 3.92. The molecule has 0 unspecified atom stereocenters. The molecule has 0 saturated carbocycles. The molecule has 0 spiro atoms. The molecule has 1 amide bonds. The Bertz CT molecular complexity index is 794. The molecule has 1 aliphatic heterocycles. The van der Waals surface area contributed by atoms with Gasteiger partial charge in [-0.05, 0) is 44.4 Å². The van der Waals surface area contributed by atoms with E-state index in [2.05, 4.69) is 0 Å². The van der Waals surface area contributed by atoms with Crippen molar-refractivity contribution in [2.45, 2.75) is 37.1 Å². The molecule has 1 atom stereocenters. The number of likely N-dealkylation sites (tertiary alicyclic amines) is 1. The second kappa shape index (κ2) is 8.37. The number of benzene rings is 1. The van der Waals surface area contributed by atoms with Gasteiger partial charge < -0.3 is 9.64 Å². The Morgan fingerprint density at radius 3 is 2.62 bits per heavy atom. The van der Waals surface area contributed by atoms with E-state index in [0.717, 1.165) is 29.6 Å². The van der Waals surface area contributed by atoms with Crippen LogP contribution in [0.25, 0.3) is 0 Å². The average Bonchev–Trinajstić information content (AvgIpc) is 2.59. The van der Waals surface area contributed by atoms with Crippen LogP contribution in [-0.2, 0) is 19.6 Å². The van der Waals surface area contributed by atoms with Crippen LogP contribution in [0.1, 0.15) is 36.5 Å². The van der Waals surface area contributed by atoms with Crippen molar-refractivity contribution in [3.8, 4) is 0 Å². The number of hydrogen-bond acceptors (Lipinski definition) is 5. The maximum atomic E-state index is 12.3. The van der Waals surface area contributed by atoms with E-state index >= 15 is 0 Å². The van der Waals surface area contributed by atoms with Crippen molar-refractivity contribution in [3.05, 3.63) is 28.8 Å². The van der Waals surface area contributed by atoms with Crippen molar-refractivity contribution in [1.82, 2.24) is 9.21 Å². The number of ether oxygens (including phenoxy) is 1. The molecule has 0 radical (unpaired) electrons. The first-order valence-electron chi connectivity index (χ1n) is 8.33. The highest BCUT2D eigenvalue weighted by Gasteiger charge is 2.25. The highest BCUT2D eigenvalue weighted by atomic mass is 35.5. The van der Waals surface area contributed by atoms with Crippen LogP contribution in [0.5, 0.6) is 0 Å². The van der Waals surface area contributed by atoms with Crippen LogP contribution < -0.4 is 0 Å². The Morgan fingerprint density at radius 2 is 2.00 bits per heavy atom. The molecule has 0 aromatic heterocycles. The molecule has 1 heterocycles. The van der Waals surface area contributed by atoms with E-state index in [4.69, 9.17) is 16.3 Å². The van der Waals surface area contributed by atoms with Crippen LogP contribution in [0.4, 0.5) is 0 Å². The lowest BCUT2D eigenvalue weighted by atomic mass is 10.0. The fourth-order valence-electron chi connectivity index (χ4n) is 2.79. The number of sulfonamides is 1. The van der Waals surface area contributed by atoms with Crippen LogP contribution in [0.3, 0.4) is 0 Å². The highest BCUT2D eigenvalue weighted by molar-refractivity contribution is 7.89. The molecule has 0 N–H and O–H groups in total. The van der Waals surface area contributed by atoms with Gasteiger partial charge in [0.1, 0.15) is 0 Å². The van der Waals surface area contributed by atoms with Crippen LogP contribution in [0.15, 0.2) is 23.1 Å². The SMILES string of the molecule is C[C@@H]1CCCCN1C(=O)COC(=O)c1cc(S(=O)(=O)N(C)C)ccc1Cl. The summed E-state index contributed by atoms with van der Waals surface area (Å²) in [6.07, 6.45) is 2.93. The smallest absolute Gasteiger partial charge is 0.340 e. The summed E-state index contributed by atoms with van der Waals surface area (Å²) in [4.78, 5) is 26.2. The largest absolute Gasteiger partial charge is 0.452 e. The molecule has 1 saturated heterocycles. The minimum absolute atomic E-state index is 0.0616. The minimum atomic E-state index is -3.71. The van der Waals surface area contributed by atoms with Gasteiger partial charge in [0.25, 0.3) is 5.91 Å². The van der Waals surface area contributed by atoms with Crippen molar-refractivity contribution in [3.63, 3.8) is 0 Å². The van der Waals surface area contributed by atoms with E-state index in [9.17, 15) is 18.0 Å². The standard InChI is InChI=1S/C17H23ClN2O5S/c1-12-6-4-5-9-20(12)16(21)11-25-17(22)14-10-13(7-8-15(14)18)26(23,24)19(2)3/h7-8,10,12H,4-6,9,11H2,1-3H3/t12-/m1/s1. The molecule has 144 valence electrons. The lowest BCUT2D eigenvalue weighted by Gasteiger charge is -2.33. The van der Waals surface area contributed by atoms with E-state index in [-0.39, 0.29) is 27.4 Å². The maximum Gasteiger partial charge on any atom is 0.340 e. The Labute approximate surface area is 158 Å². The van der Waals surface area contributed by atoms with Gasteiger partial charge in [-0.25, -0.2) is 17.5 Å². The molecule has 0 aliphatic carbocycles. The molecule has 1 aliphatic rings. The van der Waals surface area contributed by atoms with E-state index < -0.39 is 22.6 Å². The minimum Gasteiger partial charge on any atom is -0.452 e. The number of nitrogens with zero attached hydrogens (tertiary/aromatic N) is 2. The van der Waals surface area contributed by atoms with Gasteiger partial charge in [-0.2, -0.15) is 0 Å². The van der Waals surface area contributed by atoms with Crippen LogP contribution >= 0.6 is 11.6 Å². The number of amides is 1. The number of carbonyl (C=O) groups excluding carboxylic acids is 2. The Morgan fingerprint density at radius 1 is 1.31 bits per heavy atom. The molecule has 1 aromatic rings. The van der Waals surface area contributed by atoms with Crippen molar-refractivity contribution < 1.29 is 22.7 Å². The van der Waals surface area contributed by atoms with Gasteiger partial charge >= 0.3 is 5.97 Å². The molecule has 0 bridgehead atoms. The normalized spacial score (nSPS) is 18.0. The fraction of sp³-hybridized carbons (Fsp3) is 0.529. The van der Waals surface area contributed by atoms with E-state index in [1.165, 1.54) is 26.2 Å². The van der Waals surface area contributed by atoms with Crippen molar-refractivity contribution in [2.24, 2.45) is 0 Å². The average molecular weight is 403 g/mol. The van der Waals surface area contributed by atoms with Crippen molar-refractivity contribution in [2.75, 3.05) is 27.2 Å². The van der Waals surface area contributed by atoms with Crippen LogP contribution in [0, 0.1) is 0 Å². The predicted molar refractivity (Wildman–Crippen MR) is 97.6 cm³/mol. The van der Waals surface area contributed by atoms with Crippen LogP contribution in [0.2, 0.25) is 5.02 Å². The number of piperidine rings is 1. The van der Waals surface area contributed by atoms with Gasteiger partial charge in [-0.1, -0.05) is 11.6 Å². The van der Waals surface area contributed by atoms with E-state index in [1.54, 1.807) is 4.90 Å². The molecular formula is C17H23ClN2O5S. The molecule has 1 aromatic carbocycles. The maximum absolute atomic E-state index is 12.3. The third kappa shape index (κ3) is 4.55. The molecule has 26 heavy (non-hydrogen) atoms. The number of halogens is 1. The van der Waals surface area contributed by atoms with E-state index in [1.807, 2.05) is 6.92 Å². The van der Waals surface area contributed by atoms with E-state index in [0.29, 0.717) is 6.54 Å². The van der Waals surface area contributed by atoms with Gasteiger partial charge in [-0.3, -0.25) is 4.79 Å². The van der Waals surface area contributed by atoms with Crippen molar-refractivity contribution in [1.29, 1.82) is 0 Å². The summed E-state index contributed by atoms with van der Waals surface area (Å²) < 4.78 is 30.5. The van der Waals surface area contributed by atoms with Crippen molar-refractivity contribution >= 4 is 33.5 Å². The zero-order valence-corrected chi connectivity index (χ0v) is 16.6. The first-order chi connectivity index (χ1) is 12.1. The molecule has 1 fully saturated rings. The Balaban J connectivity index is 2.11. The number of carbonyl (C=O) groups is 2. The van der Waals surface area contributed by atoms with Gasteiger partial charge in [0.05, 0.1) is 15.5 Å². The summed E-state index contributed by atoms with van der Waals surface area (Å²) in [6.45, 7) is 2.21. The molecule has 7 nitrogen and oxygen atoms in total. The Hall–Kier alpha value is -1.64. The first-order valence-corrected chi connectivity index (χ1v) is 10.1. The number of esters is 1. The summed E-state index contributed by atoms with van der Waals surface area (Å²) in [7, 11) is -0.935. The second-order valence-electron chi connectivity index (χ2n) is 6.44. The van der Waals surface area contributed by atoms with Gasteiger partial charge in [-0.15, -0.1) is 0 Å². The molecule has 2 rings (SSSR count). The van der Waals surface area contributed by atoms with Gasteiger partial charge in [0.15, 0.2) is 6.61 Å². The number of hydrogen-bond donors (Lipinski definition) is 0. The topological polar surface area (TPSA) is 84.0 Å². The summed E-state index contributed by atoms with van der Waals surface area (Å²) in [5.41, 5.74) is -0.0888. The lowest BCUT2D eigenvalue weighted by molar-refractivity contribution is -0.137.